The van der Waals surface area contributed by atoms with Crippen molar-refractivity contribution in [2.75, 3.05) is 5.75 Å². The van der Waals surface area contributed by atoms with E-state index in [9.17, 15) is 13.2 Å². The lowest BCUT2D eigenvalue weighted by atomic mass is 10.3. The summed E-state index contributed by atoms with van der Waals surface area (Å²) in [5, 5.41) is 0.442. The number of furan rings is 1. The fourth-order valence-electron chi connectivity index (χ4n) is 2.27. The maximum Gasteiger partial charge on any atom is 0.238 e. The maximum absolute atomic E-state index is 12.5. The number of hydrogen-bond acceptors (Lipinski definition) is 4. The second kappa shape index (κ2) is 7.40. The Morgan fingerprint density at radius 1 is 1.17 bits per heavy atom. The first kappa shape index (κ1) is 18.5. The second-order valence-electron chi connectivity index (χ2n) is 5.84. The summed E-state index contributed by atoms with van der Waals surface area (Å²) in [7, 11) is -3.72. The van der Waals surface area contributed by atoms with E-state index in [-0.39, 0.29) is 17.5 Å². The molecule has 0 atom stereocenters. The SMILES string of the molecule is Cc1ccc(CN(C(=O)CS(=O)(=O)c2ccc(Cl)cc2)C(C)C)o1. The monoisotopic (exact) mass is 369 g/mol. The minimum Gasteiger partial charge on any atom is -0.464 e. The number of benzene rings is 1. The van der Waals surface area contributed by atoms with Gasteiger partial charge in [-0.25, -0.2) is 8.42 Å². The molecule has 1 amide bonds. The molecule has 0 saturated carbocycles. The van der Waals surface area contributed by atoms with Crippen LogP contribution in [0.15, 0.2) is 45.7 Å². The molecule has 0 fully saturated rings. The number of nitrogens with zero attached hydrogens (tertiary/aromatic N) is 1. The number of rotatable bonds is 6. The van der Waals surface area contributed by atoms with Crippen molar-refractivity contribution in [2.24, 2.45) is 0 Å². The Bertz CT molecular complexity index is 809. The molecule has 5 nitrogen and oxygen atoms in total. The molecule has 0 aliphatic carbocycles. The van der Waals surface area contributed by atoms with E-state index >= 15 is 0 Å². The highest BCUT2D eigenvalue weighted by molar-refractivity contribution is 7.92. The third kappa shape index (κ3) is 4.61. The van der Waals surface area contributed by atoms with Crippen LogP contribution in [0.5, 0.6) is 0 Å². The molecule has 1 aromatic heterocycles. The highest BCUT2D eigenvalue weighted by atomic mass is 35.5. The molecule has 0 saturated heterocycles. The van der Waals surface area contributed by atoms with Gasteiger partial charge < -0.3 is 9.32 Å². The molecular formula is C17H20ClNO4S. The maximum atomic E-state index is 12.5. The van der Waals surface area contributed by atoms with E-state index in [2.05, 4.69) is 0 Å². The zero-order valence-corrected chi connectivity index (χ0v) is 15.4. The van der Waals surface area contributed by atoms with Crippen molar-refractivity contribution >= 4 is 27.3 Å². The van der Waals surface area contributed by atoms with Crippen LogP contribution in [0.4, 0.5) is 0 Å². The Labute approximate surface area is 147 Å². The Morgan fingerprint density at radius 3 is 2.29 bits per heavy atom. The Hall–Kier alpha value is -1.79. The molecule has 0 spiro atoms. The summed E-state index contributed by atoms with van der Waals surface area (Å²) >= 11 is 5.77. The molecule has 7 heteroatoms. The quantitative estimate of drug-likeness (QED) is 0.782. The van der Waals surface area contributed by atoms with Gasteiger partial charge in [0.25, 0.3) is 0 Å². The van der Waals surface area contributed by atoms with Gasteiger partial charge in [0.15, 0.2) is 9.84 Å². The summed E-state index contributed by atoms with van der Waals surface area (Å²) < 4.78 is 30.3. The molecular weight excluding hydrogens is 350 g/mol. The zero-order valence-electron chi connectivity index (χ0n) is 13.8. The Balaban J connectivity index is 2.16. The second-order valence-corrected chi connectivity index (χ2v) is 8.27. The number of halogens is 1. The zero-order chi connectivity index (χ0) is 17.9. The molecule has 2 rings (SSSR count). The van der Waals surface area contributed by atoms with Gasteiger partial charge >= 0.3 is 0 Å². The van der Waals surface area contributed by atoms with Crippen LogP contribution in [0.2, 0.25) is 5.02 Å². The van der Waals surface area contributed by atoms with Crippen LogP contribution in [0.1, 0.15) is 25.4 Å². The molecule has 2 aromatic rings. The van der Waals surface area contributed by atoms with E-state index in [0.29, 0.717) is 10.8 Å². The van der Waals surface area contributed by atoms with E-state index in [1.54, 1.807) is 6.07 Å². The summed E-state index contributed by atoms with van der Waals surface area (Å²) in [5.74, 6) is 0.314. The fourth-order valence-corrected chi connectivity index (χ4v) is 3.60. The van der Waals surface area contributed by atoms with Crippen molar-refractivity contribution in [1.82, 2.24) is 4.90 Å². The molecule has 24 heavy (non-hydrogen) atoms. The van der Waals surface area contributed by atoms with Gasteiger partial charge in [-0.15, -0.1) is 0 Å². The Morgan fingerprint density at radius 2 is 1.79 bits per heavy atom. The van der Waals surface area contributed by atoms with Gasteiger partial charge in [-0.3, -0.25) is 4.79 Å². The smallest absolute Gasteiger partial charge is 0.238 e. The van der Waals surface area contributed by atoms with Gasteiger partial charge in [0.05, 0.1) is 11.4 Å². The number of hydrogen-bond donors (Lipinski definition) is 0. The highest BCUT2D eigenvalue weighted by Crippen LogP contribution is 2.18. The third-order valence-electron chi connectivity index (χ3n) is 3.55. The number of carbonyl (C=O) groups is 1. The number of sulfone groups is 1. The fraction of sp³-hybridized carbons (Fsp3) is 0.353. The standard InChI is InChI=1S/C17H20ClNO4S/c1-12(2)19(10-15-7-4-13(3)23-15)17(20)11-24(21,22)16-8-5-14(18)6-9-16/h4-9,12H,10-11H2,1-3H3. The summed E-state index contributed by atoms with van der Waals surface area (Å²) in [6.45, 7) is 5.72. The van der Waals surface area contributed by atoms with Gasteiger partial charge in [-0.05, 0) is 57.2 Å². The lowest BCUT2D eigenvalue weighted by molar-refractivity contribution is -0.131. The average molecular weight is 370 g/mol. The first-order valence-electron chi connectivity index (χ1n) is 7.52. The van der Waals surface area contributed by atoms with Crippen LogP contribution < -0.4 is 0 Å². The minimum atomic E-state index is -3.72. The van der Waals surface area contributed by atoms with Gasteiger partial charge in [0.1, 0.15) is 17.3 Å². The summed E-state index contributed by atoms with van der Waals surface area (Å²) in [6, 6.07) is 9.23. The normalized spacial score (nSPS) is 11.7. The van der Waals surface area contributed by atoms with E-state index < -0.39 is 21.5 Å². The first-order chi connectivity index (χ1) is 11.2. The van der Waals surface area contributed by atoms with E-state index in [1.165, 1.54) is 29.2 Å². The van der Waals surface area contributed by atoms with Crippen molar-refractivity contribution < 1.29 is 17.6 Å². The molecule has 1 aromatic carbocycles. The van der Waals surface area contributed by atoms with Gasteiger partial charge in [-0.2, -0.15) is 0 Å². The van der Waals surface area contributed by atoms with Gasteiger partial charge in [-0.1, -0.05) is 11.6 Å². The topological polar surface area (TPSA) is 67.6 Å². The van der Waals surface area contributed by atoms with Crippen molar-refractivity contribution in [3.8, 4) is 0 Å². The van der Waals surface area contributed by atoms with Crippen LogP contribution in [0, 0.1) is 6.92 Å². The molecule has 0 radical (unpaired) electrons. The van der Waals surface area contributed by atoms with Crippen LogP contribution in [0.25, 0.3) is 0 Å². The molecule has 0 N–H and O–H groups in total. The highest BCUT2D eigenvalue weighted by Gasteiger charge is 2.26. The van der Waals surface area contributed by atoms with E-state index in [0.717, 1.165) is 5.76 Å². The van der Waals surface area contributed by atoms with Crippen molar-refractivity contribution in [2.45, 2.75) is 38.3 Å². The largest absolute Gasteiger partial charge is 0.464 e. The molecule has 130 valence electrons. The first-order valence-corrected chi connectivity index (χ1v) is 9.55. The molecule has 0 unspecified atom stereocenters. The van der Waals surface area contributed by atoms with Crippen LogP contribution in [0.3, 0.4) is 0 Å². The van der Waals surface area contributed by atoms with Crippen LogP contribution in [-0.4, -0.2) is 31.0 Å². The average Bonchev–Trinajstić information content (AvgIpc) is 2.89. The molecule has 0 aliphatic rings. The summed E-state index contributed by atoms with van der Waals surface area (Å²) in [6.07, 6.45) is 0. The lowest BCUT2D eigenvalue weighted by Crippen LogP contribution is -2.39. The van der Waals surface area contributed by atoms with E-state index in [1.807, 2.05) is 26.8 Å². The molecule has 0 aliphatic heterocycles. The van der Waals surface area contributed by atoms with Gasteiger partial charge in [0.2, 0.25) is 5.91 Å². The molecule has 0 bridgehead atoms. The third-order valence-corrected chi connectivity index (χ3v) is 5.42. The van der Waals surface area contributed by atoms with Crippen molar-refractivity contribution in [3.05, 3.63) is 52.9 Å². The number of amides is 1. The predicted molar refractivity (Wildman–Crippen MR) is 92.6 cm³/mol. The number of aryl methyl sites for hydroxylation is 1. The summed E-state index contributed by atoms with van der Waals surface area (Å²) in [5.41, 5.74) is 0. The van der Waals surface area contributed by atoms with Crippen molar-refractivity contribution in [3.63, 3.8) is 0 Å². The molecule has 1 heterocycles. The minimum absolute atomic E-state index is 0.0813. The lowest BCUT2D eigenvalue weighted by Gasteiger charge is -2.25. The number of carbonyl (C=O) groups excluding carboxylic acids is 1. The van der Waals surface area contributed by atoms with Gasteiger partial charge in [0, 0.05) is 11.1 Å². The van der Waals surface area contributed by atoms with Crippen LogP contribution in [-0.2, 0) is 21.2 Å². The van der Waals surface area contributed by atoms with Crippen molar-refractivity contribution in [1.29, 1.82) is 0 Å². The van der Waals surface area contributed by atoms with E-state index in [4.69, 9.17) is 16.0 Å². The van der Waals surface area contributed by atoms with Crippen LogP contribution >= 0.6 is 11.6 Å². The predicted octanol–water partition coefficient (Wildman–Crippen LogP) is 3.45. The summed E-state index contributed by atoms with van der Waals surface area (Å²) in [4.78, 5) is 14.1. The Kier molecular flexibility index (Phi) is 5.72.